The molecule has 0 bridgehead atoms. The van der Waals surface area contributed by atoms with Crippen LogP contribution in [0.15, 0.2) is 24.0 Å². The van der Waals surface area contributed by atoms with Crippen molar-refractivity contribution in [3.8, 4) is 0 Å². The molecule has 16 heteroatoms. The normalized spacial score (nSPS) is 34.9. The van der Waals surface area contributed by atoms with Crippen molar-refractivity contribution in [2.75, 3.05) is 33.3 Å². The van der Waals surface area contributed by atoms with Gasteiger partial charge in [-0.25, -0.2) is 4.79 Å². The molecule has 16 nitrogen and oxygen atoms in total. The van der Waals surface area contributed by atoms with Gasteiger partial charge in [-0.15, -0.1) is 0 Å². The van der Waals surface area contributed by atoms with Crippen molar-refractivity contribution >= 4 is 12.0 Å². The van der Waals surface area contributed by atoms with Crippen LogP contribution in [0.3, 0.4) is 0 Å². The van der Waals surface area contributed by atoms with Crippen LogP contribution in [0, 0.1) is 5.92 Å². The third-order valence-electron chi connectivity index (χ3n) is 8.89. The molecular formula is C32H56N6O10. The number of carbonyl (C=O) groups is 2. The highest BCUT2D eigenvalue weighted by Gasteiger charge is 2.50. The SMILES string of the molecule is C=C1CO[C@H](O[C@@H]2[C@@H](O)[C@H](O[C@H]3OC(CNCC4CC4)=CC[C@H]3N)[C@@H](N)C[C@H]2NC(=O)[C@@H](O)CCN)[C@H](O)[C@H]1N(C)C(=O)OC(C)(C)C. The van der Waals surface area contributed by atoms with Crippen LogP contribution >= 0.6 is 0 Å². The Balaban J connectivity index is 1.51. The molecule has 1 saturated heterocycles. The molecule has 0 unspecified atom stereocenters. The van der Waals surface area contributed by atoms with E-state index < -0.39 is 84.9 Å². The number of aliphatic hydroxyl groups is 3. The van der Waals surface area contributed by atoms with Gasteiger partial charge < -0.3 is 71.7 Å². The molecule has 4 aliphatic rings. The molecule has 3 fully saturated rings. The summed E-state index contributed by atoms with van der Waals surface area (Å²) in [5.74, 6) is 0.635. The Morgan fingerprint density at radius 2 is 1.81 bits per heavy atom. The quantitative estimate of drug-likeness (QED) is 0.103. The highest BCUT2D eigenvalue weighted by atomic mass is 16.7. The number of rotatable bonds is 13. The fourth-order valence-electron chi connectivity index (χ4n) is 6.08. The number of nitrogens with one attached hydrogen (secondary N) is 2. The topological polar surface area (TPSA) is 246 Å². The Bertz CT molecular complexity index is 1150. The van der Waals surface area contributed by atoms with Crippen molar-refractivity contribution < 1.29 is 48.6 Å². The largest absolute Gasteiger partial charge is 0.467 e. The van der Waals surface area contributed by atoms with Crippen molar-refractivity contribution in [1.29, 1.82) is 0 Å². The van der Waals surface area contributed by atoms with Crippen LogP contribution in [0.5, 0.6) is 0 Å². The third kappa shape index (κ3) is 10.1. The van der Waals surface area contributed by atoms with Crippen LogP contribution in [0.2, 0.25) is 0 Å². The van der Waals surface area contributed by atoms with Gasteiger partial charge >= 0.3 is 6.09 Å². The van der Waals surface area contributed by atoms with Gasteiger partial charge in [0.05, 0.1) is 31.3 Å². The number of carbonyl (C=O) groups excluding carboxylic acids is 2. The van der Waals surface area contributed by atoms with E-state index in [9.17, 15) is 24.9 Å². The van der Waals surface area contributed by atoms with Gasteiger partial charge in [-0.1, -0.05) is 6.58 Å². The lowest BCUT2D eigenvalue weighted by atomic mass is 9.83. The molecule has 2 amide bonds. The van der Waals surface area contributed by atoms with E-state index in [0.717, 1.165) is 6.54 Å². The predicted molar refractivity (Wildman–Crippen MR) is 174 cm³/mol. The molecule has 2 aliphatic carbocycles. The van der Waals surface area contributed by atoms with Gasteiger partial charge in [0.2, 0.25) is 12.2 Å². The predicted octanol–water partition coefficient (Wildman–Crippen LogP) is -1.49. The Morgan fingerprint density at radius 1 is 1.12 bits per heavy atom. The molecule has 48 heavy (non-hydrogen) atoms. The summed E-state index contributed by atoms with van der Waals surface area (Å²) < 4.78 is 29.8. The number of likely N-dealkylation sites (N-methyl/N-ethyl adjacent to an activating group) is 1. The maximum absolute atomic E-state index is 12.9. The number of nitrogens with two attached hydrogens (primary N) is 3. The molecule has 0 aromatic carbocycles. The number of aliphatic hydroxyl groups excluding tert-OH is 3. The smallest absolute Gasteiger partial charge is 0.410 e. The minimum absolute atomic E-state index is 0.0118. The van der Waals surface area contributed by atoms with Crippen LogP contribution in [0.25, 0.3) is 0 Å². The first-order chi connectivity index (χ1) is 22.6. The lowest BCUT2D eigenvalue weighted by Crippen LogP contribution is -2.67. The molecule has 4 rings (SSSR count). The van der Waals surface area contributed by atoms with E-state index >= 15 is 0 Å². The summed E-state index contributed by atoms with van der Waals surface area (Å²) in [5.41, 5.74) is 18.0. The Kier molecular flexibility index (Phi) is 13.2. The van der Waals surface area contributed by atoms with Crippen molar-refractivity contribution in [2.45, 2.75) is 126 Å². The zero-order valence-corrected chi connectivity index (χ0v) is 28.5. The summed E-state index contributed by atoms with van der Waals surface area (Å²) in [7, 11) is 1.47. The van der Waals surface area contributed by atoms with Crippen molar-refractivity contribution in [3.63, 3.8) is 0 Å². The average Bonchev–Trinajstić information content (AvgIpc) is 3.83. The van der Waals surface area contributed by atoms with Crippen LogP contribution < -0.4 is 27.8 Å². The second-order valence-corrected chi connectivity index (χ2v) is 14.3. The van der Waals surface area contributed by atoms with Gasteiger partial charge in [0.25, 0.3) is 0 Å². The third-order valence-corrected chi connectivity index (χ3v) is 8.89. The number of hydrogen-bond donors (Lipinski definition) is 8. The fourth-order valence-corrected chi connectivity index (χ4v) is 6.08. The zero-order chi connectivity index (χ0) is 35.3. The van der Waals surface area contributed by atoms with Crippen LogP contribution in [-0.4, -0.2) is 138 Å². The fraction of sp³-hybridized carbons (Fsp3) is 0.812. The van der Waals surface area contributed by atoms with Gasteiger partial charge in [-0.3, -0.25) is 4.79 Å². The summed E-state index contributed by atoms with van der Waals surface area (Å²) in [6.45, 7) is 10.5. The van der Waals surface area contributed by atoms with Crippen molar-refractivity contribution in [1.82, 2.24) is 15.5 Å². The minimum Gasteiger partial charge on any atom is -0.467 e. The molecule has 0 radical (unpaired) electrons. The minimum atomic E-state index is -1.48. The number of hydrogen-bond acceptors (Lipinski definition) is 14. The highest BCUT2D eigenvalue weighted by Crippen LogP contribution is 2.32. The van der Waals surface area contributed by atoms with Gasteiger partial charge in [-0.05, 0) is 83.5 Å². The lowest BCUT2D eigenvalue weighted by Gasteiger charge is -2.48. The van der Waals surface area contributed by atoms with E-state index in [1.165, 1.54) is 24.8 Å². The second kappa shape index (κ2) is 16.6. The van der Waals surface area contributed by atoms with E-state index in [0.29, 0.717) is 30.2 Å². The summed E-state index contributed by atoms with van der Waals surface area (Å²) in [4.78, 5) is 27.0. The van der Waals surface area contributed by atoms with E-state index in [4.69, 9.17) is 40.9 Å². The first-order valence-corrected chi connectivity index (χ1v) is 16.8. The first-order valence-electron chi connectivity index (χ1n) is 16.8. The monoisotopic (exact) mass is 684 g/mol. The van der Waals surface area contributed by atoms with Gasteiger partial charge in [0.1, 0.15) is 41.9 Å². The average molecular weight is 685 g/mol. The first kappa shape index (κ1) is 38.4. The molecule has 2 aliphatic heterocycles. The molecule has 274 valence electrons. The maximum atomic E-state index is 12.9. The molecule has 0 aromatic heterocycles. The van der Waals surface area contributed by atoms with E-state index in [1.54, 1.807) is 20.8 Å². The van der Waals surface area contributed by atoms with Crippen molar-refractivity contribution in [3.05, 3.63) is 24.0 Å². The van der Waals surface area contributed by atoms with E-state index in [-0.39, 0.29) is 26.0 Å². The molecule has 2 saturated carbocycles. The molecule has 0 aromatic rings. The number of ether oxygens (including phenoxy) is 5. The number of amides is 2. The summed E-state index contributed by atoms with van der Waals surface area (Å²) in [6.07, 6.45) is -4.77. The summed E-state index contributed by atoms with van der Waals surface area (Å²) >= 11 is 0. The van der Waals surface area contributed by atoms with Crippen LogP contribution in [-0.2, 0) is 28.5 Å². The van der Waals surface area contributed by atoms with Crippen molar-refractivity contribution in [2.24, 2.45) is 23.1 Å². The molecule has 11 atom stereocenters. The Labute approximate surface area is 282 Å². The lowest BCUT2D eigenvalue weighted by molar-refractivity contribution is -0.278. The maximum Gasteiger partial charge on any atom is 0.410 e. The van der Waals surface area contributed by atoms with Crippen LogP contribution in [0.4, 0.5) is 4.79 Å². The van der Waals surface area contributed by atoms with Gasteiger partial charge in [-0.2, -0.15) is 0 Å². The Hall–Kier alpha value is -2.38. The van der Waals surface area contributed by atoms with Crippen LogP contribution in [0.1, 0.15) is 52.9 Å². The highest BCUT2D eigenvalue weighted by molar-refractivity contribution is 5.80. The number of nitrogens with zero attached hydrogens (tertiary/aromatic N) is 1. The van der Waals surface area contributed by atoms with E-state index in [2.05, 4.69) is 17.2 Å². The van der Waals surface area contributed by atoms with Gasteiger partial charge in [0, 0.05) is 13.1 Å². The molecule has 0 spiro atoms. The zero-order valence-electron chi connectivity index (χ0n) is 28.5. The second-order valence-electron chi connectivity index (χ2n) is 14.3. The standard InChI is InChI=1S/C32H56N6O10/c1-16-15-44-30(24(40)23(16)38(5)31(43)48-32(2,3)4)47-27-21(37-28(42)22(39)10-11-33)12-20(35)26(25(27)41)46-29-19(34)9-8-18(45-29)14-36-13-17-6-7-17/h8,17,19-27,29-30,36,39-41H,1,6-7,9-15,33-35H2,2-5H3,(H,37,42)/t19-,20+,21-,22+,23+,24-,25+,26-,27+,29-,30-/m1/s1. The summed E-state index contributed by atoms with van der Waals surface area (Å²) in [5, 5.41) is 39.5. The van der Waals surface area contributed by atoms with E-state index in [1.807, 2.05) is 6.08 Å². The molecular weight excluding hydrogens is 628 g/mol. The molecule has 11 N–H and O–H groups in total. The Morgan fingerprint density at radius 3 is 2.46 bits per heavy atom. The molecule has 2 heterocycles. The summed E-state index contributed by atoms with van der Waals surface area (Å²) in [6, 6.07) is -3.27. The van der Waals surface area contributed by atoms with Gasteiger partial charge in [0.15, 0.2) is 6.29 Å².